The summed E-state index contributed by atoms with van der Waals surface area (Å²) in [6.07, 6.45) is 4.79. The molecule has 2 aromatic carbocycles. The maximum Gasteiger partial charge on any atom is 0.243 e. The molecule has 1 atom stereocenters. The van der Waals surface area contributed by atoms with E-state index < -0.39 is 15.4 Å². The number of nitrogens with zero attached hydrogens (tertiary/aromatic N) is 2. The second-order valence-corrected chi connectivity index (χ2v) is 12.5. The second-order valence-electron chi connectivity index (χ2n) is 9.71. The Hall–Kier alpha value is -1.80. The predicted molar refractivity (Wildman–Crippen MR) is 139 cm³/mol. The van der Waals surface area contributed by atoms with Crippen molar-refractivity contribution in [3.63, 3.8) is 0 Å². The van der Waals surface area contributed by atoms with E-state index in [9.17, 15) is 13.2 Å². The minimum absolute atomic E-state index is 0.0753. The predicted octanol–water partition coefficient (Wildman–Crippen LogP) is 5.55. The molecule has 9 heteroatoms. The molecule has 0 aromatic heterocycles. The number of hydrogen-bond donors (Lipinski definition) is 0. The molecule has 4 rings (SSSR count). The van der Waals surface area contributed by atoms with Crippen molar-refractivity contribution in [2.75, 3.05) is 32.8 Å². The molecule has 0 aliphatic carbocycles. The molecule has 0 N–H and O–H groups in total. The molecular weight excluding hydrogens is 507 g/mol. The molecule has 0 bridgehead atoms. The van der Waals surface area contributed by atoms with Crippen molar-refractivity contribution in [1.82, 2.24) is 9.21 Å². The molecule has 0 radical (unpaired) electrons. The lowest BCUT2D eigenvalue weighted by Gasteiger charge is -2.42. The zero-order chi connectivity index (χ0) is 25.1. The van der Waals surface area contributed by atoms with Gasteiger partial charge in [0.15, 0.2) is 0 Å². The van der Waals surface area contributed by atoms with Crippen LogP contribution in [0.1, 0.15) is 44.1 Å². The maximum absolute atomic E-state index is 13.5. The number of likely N-dealkylation sites (tertiary alicyclic amines) is 1. The number of piperidine rings is 2. The van der Waals surface area contributed by atoms with E-state index in [-0.39, 0.29) is 30.4 Å². The number of amides is 1. The summed E-state index contributed by atoms with van der Waals surface area (Å²) in [6.45, 7) is 4.32. The molecule has 1 amide bonds. The first kappa shape index (κ1) is 26.3. The Morgan fingerprint density at radius 1 is 1.00 bits per heavy atom. The summed E-state index contributed by atoms with van der Waals surface area (Å²) in [4.78, 5) is 15.4. The fourth-order valence-electron chi connectivity index (χ4n) is 4.96. The van der Waals surface area contributed by atoms with Gasteiger partial charge in [0.1, 0.15) is 5.75 Å². The van der Waals surface area contributed by atoms with Gasteiger partial charge in [-0.2, -0.15) is 4.31 Å². The zero-order valence-electron chi connectivity index (χ0n) is 20.0. The van der Waals surface area contributed by atoms with Gasteiger partial charge in [-0.15, -0.1) is 0 Å². The molecule has 2 heterocycles. The first-order chi connectivity index (χ1) is 16.7. The number of benzene rings is 2. The lowest BCUT2D eigenvalue weighted by molar-refractivity contribution is -0.136. The Labute approximate surface area is 218 Å². The number of halogens is 2. The average molecular weight is 540 g/mol. The Morgan fingerprint density at radius 2 is 1.71 bits per heavy atom. The van der Waals surface area contributed by atoms with Gasteiger partial charge in [0.2, 0.25) is 15.9 Å². The van der Waals surface area contributed by atoms with Crippen LogP contribution in [0.4, 0.5) is 0 Å². The van der Waals surface area contributed by atoms with Gasteiger partial charge in [-0.3, -0.25) is 4.79 Å². The first-order valence-corrected chi connectivity index (χ1v) is 14.3. The molecule has 35 heavy (non-hydrogen) atoms. The van der Waals surface area contributed by atoms with Gasteiger partial charge in [0, 0.05) is 48.1 Å². The Bertz CT molecular complexity index is 1150. The summed E-state index contributed by atoms with van der Waals surface area (Å²) in [5.41, 5.74) is 0.276. The molecule has 2 aliphatic heterocycles. The number of hydrogen-bond acceptors (Lipinski definition) is 4. The number of sulfonamides is 1. The summed E-state index contributed by atoms with van der Waals surface area (Å²) >= 11 is 12.1. The van der Waals surface area contributed by atoms with Gasteiger partial charge < -0.3 is 9.64 Å². The topological polar surface area (TPSA) is 66.9 Å². The van der Waals surface area contributed by atoms with E-state index in [0.29, 0.717) is 35.2 Å². The minimum Gasteiger partial charge on any atom is -0.493 e. The van der Waals surface area contributed by atoms with Gasteiger partial charge in [-0.25, -0.2) is 8.42 Å². The average Bonchev–Trinajstić information content (AvgIpc) is 2.86. The number of rotatable bonds is 7. The third-order valence-electron chi connectivity index (χ3n) is 6.99. The van der Waals surface area contributed by atoms with Crippen molar-refractivity contribution < 1.29 is 17.9 Å². The summed E-state index contributed by atoms with van der Waals surface area (Å²) in [5, 5.41) is 1.14. The fraction of sp³-hybridized carbons (Fsp3) is 0.500. The Kier molecular flexibility index (Phi) is 8.31. The van der Waals surface area contributed by atoms with E-state index in [1.54, 1.807) is 24.3 Å². The number of carbonyl (C=O) groups excluding carboxylic acids is 1. The highest BCUT2D eigenvalue weighted by molar-refractivity contribution is 7.89. The highest BCUT2D eigenvalue weighted by Crippen LogP contribution is 2.38. The van der Waals surface area contributed by atoms with Crippen LogP contribution in [-0.2, 0) is 14.8 Å². The zero-order valence-corrected chi connectivity index (χ0v) is 22.3. The maximum atomic E-state index is 13.5. The van der Waals surface area contributed by atoms with Gasteiger partial charge in [0.05, 0.1) is 11.5 Å². The SMILES string of the molecule is Cc1cc(OC[C@]2(CC(=O)N3CCCCC3)CCCN(S(=O)(=O)c3ccc(Cl)cc3)C2)ccc1Cl. The number of aryl methyl sites for hydroxylation is 1. The van der Waals surface area contributed by atoms with Crippen molar-refractivity contribution in [2.24, 2.45) is 5.41 Å². The van der Waals surface area contributed by atoms with Gasteiger partial charge >= 0.3 is 0 Å². The first-order valence-electron chi connectivity index (χ1n) is 12.1. The van der Waals surface area contributed by atoms with Crippen LogP contribution in [0.3, 0.4) is 0 Å². The van der Waals surface area contributed by atoms with Crippen molar-refractivity contribution in [1.29, 1.82) is 0 Å². The molecule has 2 saturated heterocycles. The summed E-state index contributed by atoms with van der Waals surface area (Å²) in [6, 6.07) is 11.7. The Balaban J connectivity index is 1.58. The highest BCUT2D eigenvalue weighted by Gasteiger charge is 2.43. The molecule has 0 unspecified atom stereocenters. The normalized spacial score (nSPS) is 21.6. The molecule has 6 nitrogen and oxygen atoms in total. The van der Waals surface area contributed by atoms with E-state index >= 15 is 0 Å². The van der Waals surface area contributed by atoms with Crippen LogP contribution in [-0.4, -0.2) is 56.3 Å². The van der Waals surface area contributed by atoms with Crippen LogP contribution in [0.5, 0.6) is 5.75 Å². The quantitative estimate of drug-likeness (QED) is 0.463. The summed E-state index contributed by atoms with van der Waals surface area (Å²) in [5.74, 6) is 0.737. The van der Waals surface area contributed by atoms with E-state index in [1.807, 2.05) is 17.9 Å². The van der Waals surface area contributed by atoms with Crippen LogP contribution in [0.15, 0.2) is 47.4 Å². The lowest BCUT2D eigenvalue weighted by Crippen LogP contribution is -2.51. The van der Waals surface area contributed by atoms with Crippen LogP contribution >= 0.6 is 23.2 Å². The van der Waals surface area contributed by atoms with Crippen molar-refractivity contribution >= 4 is 39.1 Å². The minimum atomic E-state index is -3.73. The van der Waals surface area contributed by atoms with E-state index in [2.05, 4.69) is 0 Å². The van der Waals surface area contributed by atoms with E-state index in [0.717, 1.165) is 37.9 Å². The van der Waals surface area contributed by atoms with Gasteiger partial charge in [0.25, 0.3) is 0 Å². The molecule has 2 aliphatic rings. The highest BCUT2D eigenvalue weighted by atomic mass is 35.5. The monoisotopic (exact) mass is 538 g/mol. The van der Waals surface area contributed by atoms with E-state index in [1.165, 1.54) is 16.4 Å². The summed E-state index contributed by atoms with van der Waals surface area (Å²) in [7, 11) is -3.73. The standard InChI is InChI=1S/C26H32Cl2N2O4S/c1-20-16-22(8-11-24(20)28)34-19-26(17-25(31)29-13-3-2-4-14-29)12-5-15-30(18-26)35(32,33)23-9-6-21(27)7-10-23/h6-11,16H,2-5,12-15,17-19H2,1H3/t26-/m0/s1. The van der Waals surface area contributed by atoms with Crippen LogP contribution in [0, 0.1) is 12.3 Å². The molecule has 190 valence electrons. The van der Waals surface area contributed by atoms with Crippen molar-refractivity contribution in [2.45, 2.75) is 50.3 Å². The molecule has 0 spiro atoms. The number of carbonyl (C=O) groups is 1. The van der Waals surface area contributed by atoms with Crippen LogP contribution in [0.2, 0.25) is 10.0 Å². The fourth-order valence-corrected chi connectivity index (χ4v) is 6.79. The third kappa shape index (κ3) is 6.31. The molecule has 2 fully saturated rings. The Morgan fingerprint density at radius 3 is 2.40 bits per heavy atom. The van der Waals surface area contributed by atoms with Crippen LogP contribution < -0.4 is 4.74 Å². The number of ether oxygens (including phenoxy) is 1. The lowest BCUT2D eigenvalue weighted by atomic mass is 9.78. The molecular formula is C26H32Cl2N2O4S. The van der Waals surface area contributed by atoms with Gasteiger partial charge in [-0.1, -0.05) is 23.2 Å². The molecule has 2 aromatic rings. The second kappa shape index (κ2) is 11.1. The van der Waals surface area contributed by atoms with Crippen molar-refractivity contribution in [3.05, 3.63) is 58.1 Å². The molecule has 0 saturated carbocycles. The van der Waals surface area contributed by atoms with Gasteiger partial charge in [-0.05, 0) is 87.1 Å². The largest absolute Gasteiger partial charge is 0.493 e. The summed E-state index contributed by atoms with van der Waals surface area (Å²) < 4.78 is 34.6. The van der Waals surface area contributed by atoms with E-state index in [4.69, 9.17) is 27.9 Å². The smallest absolute Gasteiger partial charge is 0.243 e. The van der Waals surface area contributed by atoms with Crippen molar-refractivity contribution in [3.8, 4) is 5.75 Å². The third-order valence-corrected chi connectivity index (χ3v) is 9.52. The van der Waals surface area contributed by atoms with Crippen LogP contribution in [0.25, 0.3) is 0 Å².